The third-order valence-corrected chi connectivity index (χ3v) is 6.14. The molecule has 0 radical (unpaired) electrons. The highest BCUT2D eigenvalue weighted by atomic mass is 32.2. The third kappa shape index (κ3) is 3.42. The van der Waals surface area contributed by atoms with E-state index < -0.39 is 40.8 Å². The smallest absolute Gasteiger partial charge is 0.416 e. The van der Waals surface area contributed by atoms with Gasteiger partial charge in [-0.3, -0.25) is 14.4 Å². The molecule has 3 aliphatic carbocycles. The Morgan fingerprint density at radius 1 is 1.37 bits per heavy atom. The van der Waals surface area contributed by atoms with Gasteiger partial charge in [-0.25, -0.2) is 13.7 Å². The monoisotopic (exact) mass is 403 g/mol. The van der Waals surface area contributed by atoms with Gasteiger partial charge in [-0.05, 0) is 53.9 Å². The van der Waals surface area contributed by atoms with Gasteiger partial charge < -0.3 is 14.6 Å². The van der Waals surface area contributed by atoms with Crippen molar-refractivity contribution in [1.82, 2.24) is 9.62 Å². The zero-order valence-corrected chi connectivity index (χ0v) is 17.4. The second-order valence-electron chi connectivity index (χ2n) is 9.45. The second-order valence-corrected chi connectivity index (χ2v) is 10.2. The lowest BCUT2D eigenvalue weighted by molar-refractivity contribution is -0.129. The van der Waals surface area contributed by atoms with E-state index in [1.165, 1.54) is 12.0 Å². The summed E-state index contributed by atoms with van der Waals surface area (Å²) in [7, 11) is 1.38. The summed E-state index contributed by atoms with van der Waals surface area (Å²) >= 11 is -2.08. The van der Waals surface area contributed by atoms with Crippen molar-refractivity contribution >= 4 is 23.2 Å². The predicted molar refractivity (Wildman–Crippen MR) is 99.3 cm³/mol. The zero-order valence-electron chi connectivity index (χ0n) is 16.6. The summed E-state index contributed by atoms with van der Waals surface area (Å²) in [5.41, 5.74) is -2.21. The maximum atomic E-state index is 13.0. The number of ether oxygens (including phenoxy) is 2. The molecule has 3 N–H and O–H groups in total. The van der Waals surface area contributed by atoms with E-state index in [4.69, 9.17) is 19.0 Å². The van der Waals surface area contributed by atoms with Gasteiger partial charge in [0.2, 0.25) is 11.3 Å². The first-order chi connectivity index (χ1) is 12.2. The Morgan fingerprint density at radius 3 is 2.37 bits per heavy atom. The molecule has 4 rings (SSSR count). The van der Waals surface area contributed by atoms with Crippen molar-refractivity contribution in [3.63, 3.8) is 0 Å². The highest BCUT2D eigenvalue weighted by molar-refractivity contribution is 7.77. The molecule has 0 aromatic rings. The Balaban J connectivity index is 1.90. The van der Waals surface area contributed by atoms with Crippen LogP contribution in [-0.4, -0.2) is 66.8 Å². The molecule has 2 unspecified atom stereocenters. The minimum atomic E-state index is -2.08. The summed E-state index contributed by atoms with van der Waals surface area (Å²) in [6.07, 6.45) is 0.0201. The van der Waals surface area contributed by atoms with Gasteiger partial charge in [0.15, 0.2) is 6.29 Å². The van der Waals surface area contributed by atoms with Crippen LogP contribution in [0.1, 0.15) is 53.9 Å². The number of hydrogen-bond donors (Lipinski definition) is 3. The van der Waals surface area contributed by atoms with Gasteiger partial charge in [-0.2, -0.15) is 0 Å². The molecule has 154 valence electrons. The predicted octanol–water partition coefficient (Wildman–Crippen LogP) is 1.40. The standard InChI is InChI=1S/C17H29N3O6S/c1-14(2,3)26-13(22)20-10(11(21)25-6)15(4,5)18-12(20)16-7-17(8-16,9-16)19-27(23)24/h10-11,19,21H,7-9H2,1-6H3,(H,23,24)/t10-,11?,16?,17?/m0/s1. The molecular weight excluding hydrogens is 374 g/mol. The first-order valence-corrected chi connectivity index (χ1v) is 10.1. The molecule has 3 saturated carbocycles. The summed E-state index contributed by atoms with van der Waals surface area (Å²) < 4.78 is 33.6. The highest BCUT2D eigenvalue weighted by Gasteiger charge is 2.74. The van der Waals surface area contributed by atoms with Crippen LogP contribution in [0.15, 0.2) is 4.99 Å². The Morgan fingerprint density at radius 2 is 1.93 bits per heavy atom. The van der Waals surface area contributed by atoms with Crippen LogP contribution < -0.4 is 4.72 Å². The Labute approximate surface area is 161 Å². The molecule has 0 aromatic heterocycles. The summed E-state index contributed by atoms with van der Waals surface area (Å²) in [4.78, 5) is 19.2. The Hall–Kier alpha value is -1.07. The van der Waals surface area contributed by atoms with Gasteiger partial charge >= 0.3 is 6.09 Å². The van der Waals surface area contributed by atoms with E-state index in [0.29, 0.717) is 25.1 Å². The number of methoxy groups -OCH3 is 1. The van der Waals surface area contributed by atoms with Gasteiger partial charge in [-0.15, -0.1) is 0 Å². The summed E-state index contributed by atoms with van der Waals surface area (Å²) in [6.45, 7) is 9.02. The number of carbonyl (C=O) groups is 1. The van der Waals surface area contributed by atoms with Crippen molar-refractivity contribution in [3.05, 3.63) is 0 Å². The van der Waals surface area contributed by atoms with E-state index in [0.717, 1.165) is 0 Å². The number of nitrogens with zero attached hydrogens (tertiary/aromatic N) is 2. The molecule has 1 aliphatic heterocycles. The lowest BCUT2D eigenvalue weighted by Crippen LogP contribution is -2.78. The van der Waals surface area contributed by atoms with E-state index in [9.17, 15) is 14.1 Å². The Bertz CT molecular complexity index is 681. The van der Waals surface area contributed by atoms with Crippen molar-refractivity contribution < 1.29 is 28.1 Å². The SMILES string of the molecule is COC(O)[C@@H]1N(C(=O)OC(C)(C)C)C(C23CC(NS(=O)O)(C2)C3)=NC1(C)C. The fourth-order valence-corrected chi connectivity index (χ4v) is 5.24. The Kier molecular flexibility index (Phi) is 4.75. The van der Waals surface area contributed by atoms with Crippen LogP contribution in [0.4, 0.5) is 4.79 Å². The number of aliphatic hydroxyl groups excluding tert-OH is 1. The molecule has 3 atom stereocenters. The van der Waals surface area contributed by atoms with Crippen molar-refractivity contribution in [2.45, 2.75) is 82.9 Å². The second kappa shape index (κ2) is 6.21. The molecule has 4 aliphatic rings. The molecule has 3 fully saturated rings. The number of hydrogen-bond acceptors (Lipinski definition) is 6. The number of carbonyl (C=O) groups excluding carboxylic acids is 1. The molecule has 27 heavy (non-hydrogen) atoms. The topological polar surface area (TPSA) is 121 Å². The lowest BCUT2D eigenvalue weighted by Gasteiger charge is -2.70. The van der Waals surface area contributed by atoms with E-state index >= 15 is 0 Å². The van der Waals surface area contributed by atoms with Crippen molar-refractivity contribution in [2.24, 2.45) is 10.4 Å². The van der Waals surface area contributed by atoms with Crippen molar-refractivity contribution in [2.75, 3.05) is 7.11 Å². The summed E-state index contributed by atoms with van der Waals surface area (Å²) in [5, 5.41) is 10.4. The molecule has 2 bridgehead atoms. The van der Waals surface area contributed by atoms with Gasteiger partial charge in [0.1, 0.15) is 17.5 Å². The quantitative estimate of drug-likeness (QED) is 0.471. The van der Waals surface area contributed by atoms with Gasteiger partial charge in [0, 0.05) is 18.1 Å². The number of rotatable bonds is 5. The summed E-state index contributed by atoms with van der Waals surface area (Å²) in [5.74, 6) is 0.565. The third-order valence-electron chi connectivity index (χ3n) is 5.53. The van der Waals surface area contributed by atoms with Crippen molar-refractivity contribution in [1.29, 1.82) is 0 Å². The molecule has 1 amide bonds. The van der Waals surface area contributed by atoms with E-state index in [-0.39, 0.29) is 11.0 Å². The lowest BCUT2D eigenvalue weighted by atomic mass is 9.39. The highest BCUT2D eigenvalue weighted by Crippen LogP contribution is 2.69. The summed E-state index contributed by atoms with van der Waals surface area (Å²) in [6, 6.07) is -0.725. The van der Waals surface area contributed by atoms with Crippen molar-refractivity contribution in [3.8, 4) is 0 Å². The molecule has 10 heteroatoms. The van der Waals surface area contributed by atoms with Crippen LogP contribution >= 0.6 is 0 Å². The first-order valence-electron chi connectivity index (χ1n) is 8.96. The average molecular weight is 404 g/mol. The normalized spacial score (nSPS) is 36.4. The molecular formula is C17H29N3O6S. The molecule has 0 saturated heterocycles. The molecule has 0 spiro atoms. The van der Waals surface area contributed by atoms with Gasteiger partial charge in [0.25, 0.3) is 0 Å². The molecule has 0 aromatic carbocycles. The van der Waals surface area contributed by atoms with Crippen LogP contribution in [0.25, 0.3) is 0 Å². The minimum absolute atomic E-state index is 0.358. The first kappa shape index (κ1) is 20.7. The van der Waals surface area contributed by atoms with E-state index in [1.807, 2.05) is 13.8 Å². The fourth-order valence-electron chi connectivity index (χ4n) is 4.65. The van der Waals surface area contributed by atoms with Crippen LogP contribution in [0.2, 0.25) is 0 Å². The average Bonchev–Trinajstić information content (AvgIpc) is 2.69. The largest absolute Gasteiger partial charge is 0.443 e. The van der Waals surface area contributed by atoms with Crippen LogP contribution in [0.3, 0.4) is 0 Å². The number of aliphatic imine (C=N–C) groups is 1. The maximum absolute atomic E-state index is 13.0. The van der Waals surface area contributed by atoms with E-state index in [1.54, 1.807) is 20.8 Å². The number of nitrogens with one attached hydrogen (secondary N) is 1. The zero-order chi connectivity index (χ0) is 20.4. The molecule has 9 nitrogen and oxygen atoms in total. The van der Waals surface area contributed by atoms with E-state index in [2.05, 4.69) is 4.72 Å². The van der Waals surface area contributed by atoms with Gasteiger partial charge in [0.05, 0.1) is 5.54 Å². The number of amidine groups is 1. The number of amides is 1. The minimum Gasteiger partial charge on any atom is -0.443 e. The van der Waals surface area contributed by atoms with Crippen LogP contribution in [0, 0.1) is 5.41 Å². The maximum Gasteiger partial charge on any atom is 0.416 e. The number of aliphatic hydroxyl groups is 1. The van der Waals surface area contributed by atoms with Gasteiger partial charge in [-0.1, -0.05) is 0 Å². The molecule has 1 heterocycles. The fraction of sp³-hybridized carbons (Fsp3) is 0.882. The van der Waals surface area contributed by atoms with Crippen LogP contribution in [0.5, 0.6) is 0 Å². The van der Waals surface area contributed by atoms with Crippen LogP contribution in [-0.2, 0) is 20.7 Å².